The minimum absolute atomic E-state index is 0.143. The second kappa shape index (κ2) is 5.82. The fourth-order valence-electron chi connectivity index (χ4n) is 2.04. The van der Waals surface area contributed by atoms with Crippen LogP contribution >= 0.6 is 47.8 Å². The normalized spacial score (nSPS) is 11.7. The zero-order chi connectivity index (χ0) is 15.9. The molecule has 0 saturated heterocycles. The quantitative estimate of drug-likeness (QED) is 0.503. The molecule has 0 radical (unpaired) electrons. The van der Waals surface area contributed by atoms with Gasteiger partial charge in [-0.3, -0.25) is 0 Å². The summed E-state index contributed by atoms with van der Waals surface area (Å²) in [6.45, 7) is 3.99. The Hall–Kier alpha value is -0.720. The molecule has 0 heterocycles. The Labute approximate surface area is 148 Å². The molecule has 2 rings (SSSR count). The van der Waals surface area contributed by atoms with Crippen LogP contribution in [0.4, 0.5) is 0 Å². The van der Waals surface area contributed by atoms with E-state index in [1.54, 1.807) is 6.07 Å². The number of phenols is 3. The van der Waals surface area contributed by atoms with Crippen LogP contribution in [0, 0.1) is 0 Å². The number of halogens is 3. The molecule has 0 saturated carbocycles. The van der Waals surface area contributed by atoms with Crippen LogP contribution in [0.15, 0.2) is 37.7 Å². The fraction of sp³-hybridized carbons (Fsp3) is 0.200. The topological polar surface area (TPSA) is 60.7 Å². The Balaban J connectivity index is 2.61. The standard InChI is InChI=1S/C15H13Br3O3/c1-15(2,7-3-9(16)13(20)10(17)4-7)8-5-11(18)14(21)12(19)6-8/h3-6,19-21H,1-2H3. The number of hydrogen-bond acceptors (Lipinski definition) is 3. The Bertz CT molecular complexity index is 606. The van der Waals surface area contributed by atoms with Crippen LogP contribution in [-0.4, -0.2) is 15.3 Å². The molecule has 0 fully saturated rings. The molecule has 0 bridgehead atoms. The third-order valence-corrected chi connectivity index (χ3v) is 5.32. The molecule has 0 unspecified atom stereocenters. The molecule has 2 aromatic carbocycles. The molecule has 3 N–H and O–H groups in total. The van der Waals surface area contributed by atoms with Crippen LogP contribution in [0.25, 0.3) is 0 Å². The minimum atomic E-state index is -0.438. The average molecular weight is 481 g/mol. The van der Waals surface area contributed by atoms with Gasteiger partial charge in [0.1, 0.15) is 5.75 Å². The van der Waals surface area contributed by atoms with Crippen molar-refractivity contribution in [1.29, 1.82) is 0 Å². The highest BCUT2D eigenvalue weighted by atomic mass is 79.9. The summed E-state index contributed by atoms with van der Waals surface area (Å²) in [5.41, 5.74) is 1.33. The lowest BCUT2D eigenvalue weighted by atomic mass is 9.78. The van der Waals surface area contributed by atoms with Gasteiger partial charge in [0.25, 0.3) is 0 Å². The summed E-state index contributed by atoms with van der Waals surface area (Å²) in [5.74, 6) is -0.212. The SMILES string of the molecule is CC(C)(c1cc(O)c(O)c(Br)c1)c1cc(Br)c(O)c(Br)c1. The van der Waals surface area contributed by atoms with Gasteiger partial charge in [0, 0.05) is 5.41 Å². The van der Waals surface area contributed by atoms with E-state index in [9.17, 15) is 15.3 Å². The maximum Gasteiger partial charge on any atom is 0.171 e. The zero-order valence-electron chi connectivity index (χ0n) is 11.3. The molecule has 0 spiro atoms. The second-order valence-corrected chi connectivity index (χ2v) is 7.80. The molecule has 2 aromatic rings. The van der Waals surface area contributed by atoms with Crippen molar-refractivity contribution in [3.63, 3.8) is 0 Å². The van der Waals surface area contributed by atoms with Crippen LogP contribution in [0.2, 0.25) is 0 Å². The number of benzene rings is 2. The highest BCUT2D eigenvalue weighted by Gasteiger charge is 2.27. The van der Waals surface area contributed by atoms with Gasteiger partial charge in [-0.15, -0.1) is 0 Å². The number of hydrogen-bond donors (Lipinski definition) is 3. The van der Waals surface area contributed by atoms with Gasteiger partial charge in [-0.05, 0) is 83.2 Å². The van der Waals surface area contributed by atoms with Gasteiger partial charge >= 0.3 is 0 Å². The predicted octanol–water partition coefficient (Wildman–Crippen LogP) is 5.42. The molecule has 112 valence electrons. The first kappa shape index (κ1) is 16.6. The van der Waals surface area contributed by atoms with Crippen molar-refractivity contribution in [1.82, 2.24) is 0 Å². The van der Waals surface area contributed by atoms with Crippen molar-refractivity contribution in [3.8, 4) is 17.2 Å². The summed E-state index contributed by atoms with van der Waals surface area (Å²) < 4.78 is 1.60. The predicted molar refractivity (Wildman–Crippen MR) is 93.1 cm³/mol. The van der Waals surface area contributed by atoms with Crippen molar-refractivity contribution >= 4 is 47.8 Å². The molecule has 6 heteroatoms. The molecule has 0 atom stereocenters. The smallest absolute Gasteiger partial charge is 0.171 e. The summed E-state index contributed by atoms with van der Waals surface area (Å²) in [7, 11) is 0. The van der Waals surface area contributed by atoms with Gasteiger partial charge in [0.05, 0.1) is 13.4 Å². The molecule has 3 nitrogen and oxygen atoms in total. The Kier molecular flexibility index (Phi) is 4.61. The third kappa shape index (κ3) is 3.07. The average Bonchev–Trinajstić information content (AvgIpc) is 2.40. The molecular formula is C15H13Br3O3. The Morgan fingerprint density at radius 1 is 0.714 bits per heavy atom. The summed E-state index contributed by atoms with van der Waals surface area (Å²) in [6, 6.07) is 6.97. The largest absolute Gasteiger partial charge is 0.506 e. The first-order valence-corrected chi connectivity index (χ1v) is 8.43. The van der Waals surface area contributed by atoms with E-state index in [0.717, 1.165) is 11.1 Å². The molecule has 0 amide bonds. The van der Waals surface area contributed by atoms with Gasteiger partial charge in [-0.25, -0.2) is 0 Å². The van der Waals surface area contributed by atoms with E-state index < -0.39 is 5.41 Å². The Morgan fingerprint density at radius 3 is 1.52 bits per heavy atom. The summed E-state index contributed by atoms with van der Waals surface area (Å²) in [6.07, 6.45) is 0. The zero-order valence-corrected chi connectivity index (χ0v) is 16.0. The lowest BCUT2D eigenvalue weighted by Gasteiger charge is -2.27. The van der Waals surface area contributed by atoms with Crippen LogP contribution in [-0.2, 0) is 5.41 Å². The van der Waals surface area contributed by atoms with E-state index in [4.69, 9.17) is 0 Å². The summed E-state index contributed by atoms with van der Waals surface area (Å²) >= 11 is 9.88. The number of rotatable bonds is 2. The molecule has 0 aromatic heterocycles. The molecule has 0 aliphatic heterocycles. The molecule has 0 aliphatic rings. The first-order valence-electron chi connectivity index (χ1n) is 6.05. The summed E-state index contributed by atoms with van der Waals surface area (Å²) in [5, 5.41) is 29.3. The van der Waals surface area contributed by atoms with Crippen molar-refractivity contribution in [2.45, 2.75) is 19.3 Å². The van der Waals surface area contributed by atoms with Crippen molar-refractivity contribution in [2.75, 3.05) is 0 Å². The van der Waals surface area contributed by atoms with Gasteiger partial charge in [0.2, 0.25) is 0 Å². The van der Waals surface area contributed by atoms with Gasteiger partial charge in [0.15, 0.2) is 11.5 Å². The van der Waals surface area contributed by atoms with Gasteiger partial charge in [-0.2, -0.15) is 0 Å². The molecule has 21 heavy (non-hydrogen) atoms. The maximum absolute atomic E-state index is 9.82. The molecule has 0 aliphatic carbocycles. The maximum atomic E-state index is 9.82. The lowest BCUT2D eigenvalue weighted by Crippen LogP contribution is -2.19. The van der Waals surface area contributed by atoms with E-state index in [0.29, 0.717) is 13.4 Å². The first-order chi connectivity index (χ1) is 9.64. The van der Waals surface area contributed by atoms with Crippen LogP contribution in [0.3, 0.4) is 0 Å². The number of aromatic hydroxyl groups is 3. The van der Waals surface area contributed by atoms with Gasteiger partial charge < -0.3 is 15.3 Å². The van der Waals surface area contributed by atoms with E-state index in [1.165, 1.54) is 6.07 Å². The summed E-state index contributed by atoms with van der Waals surface area (Å²) in [4.78, 5) is 0. The third-order valence-electron chi connectivity index (χ3n) is 3.50. The number of phenolic OH excluding ortho intramolecular Hbond substituents is 3. The lowest BCUT2D eigenvalue weighted by molar-refractivity contribution is 0.399. The van der Waals surface area contributed by atoms with E-state index in [1.807, 2.05) is 26.0 Å². The van der Waals surface area contributed by atoms with Crippen LogP contribution in [0.1, 0.15) is 25.0 Å². The van der Waals surface area contributed by atoms with Crippen molar-refractivity contribution in [3.05, 3.63) is 48.8 Å². The minimum Gasteiger partial charge on any atom is -0.506 e. The van der Waals surface area contributed by atoms with E-state index in [-0.39, 0.29) is 17.2 Å². The van der Waals surface area contributed by atoms with Crippen LogP contribution < -0.4 is 0 Å². The second-order valence-electron chi connectivity index (χ2n) is 5.24. The Morgan fingerprint density at radius 2 is 1.10 bits per heavy atom. The molecular weight excluding hydrogens is 468 g/mol. The van der Waals surface area contributed by atoms with Crippen LogP contribution in [0.5, 0.6) is 17.2 Å². The van der Waals surface area contributed by atoms with Crippen molar-refractivity contribution < 1.29 is 15.3 Å². The monoisotopic (exact) mass is 478 g/mol. The highest BCUT2D eigenvalue weighted by Crippen LogP contribution is 2.43. The van der Waals surface area contributed by atoms with E-state index in [2.05, 4.69) is 47.8 Å². The highest BCUT2D eigenvalue weighted by molar-refractivity contribution is 9.11. The van der Waals surface area contributed by atoms with E-state index >= 15 is 0 Å². The van der Waals surface area contributed by atoms with Gasteiger partial charge in [-0.1, -0.05) is 13.8 Å². The van der Waals surface area contributed by atoms with Crippen molar-refractivity contribution in [2.24, 2.45) is 0 Å². The fourth-order valence-corrected chi connectivity index (χ4v) is 3.67.